The molecule has 0 aliphatic heterocycles. The van der Waals surface area contributed by atoms with E-state index in [0.29, 0.717) is 5.02 Å². The van der Waals surface area contributed by atoms with Crippen molar-refractivity contribution < 1.29 is 4.79 Å². The zero-order valence-electron chi connectivity index (χ0n) is 10.4. The Kier molecular flexibility index (Phi) is 4.87. The van der Waals surface area contributed by atoms with E-state index < -0.39 is 5.91 Å². The normalized spacial score (nSPS) is 10.4. The van der Waals surface area contributed by atoms with Gasteiger partial charge in [-0.1, -0.05) is 23.2 Å². The predicted molar refractivity (Wildman–Crippen MR) is 85.7 cm³/mol. The minimum absolute atomic E-state index is 0.216. The summed E-state index contributed by atoms with van der Waals surface area (Å²) in [4.78, 5) is 27.6. The van der Waals surface area contributed by atoms with E-state index in [-0.39, 0.29) is 33.0 Å². The number of nitrogens with zero attached hydrogens (tertiary/aromatic N) is 2. The number of rotatable bonds is 3. The van der Waals surface area contributed by atoms with Crippen molar-refractivity contribution >= 4 is 56.4 Å². The Hall–Kier alpha value is -1.57. The van der Waals surface area contributed by atoms with Crippen molar-refractivity contribution in [2.75, 3.05) is 11.1 Å². The number of nitrogens with two attached hydrogens (primary N) is 1. The average molecular weight is 392 g/mol. The molecule has 9 heteroatoms. The van der Waals surface area contributed by atoms with Crippen LogP contribution in [0.25, 0.3) is 0 Å². The van der Waals surface area contributed by atoms with Gasteiger partial charge in [-0.15, -0.1) is 0 Å². The summed E-state index contributed by atoms with van der Waals surface area (Å²) >= 11 is 14.8. The summed E-state index contributed by atoms with van der Waals surface area (Å²) < 4.78 is 1.42. The molecular weight excluding hydrogens is 383 g/mol. The summed E-state index contributed by atoms with van der Waals surface area (Å²) in [7, 11) is 0. The first kappa shape index (κ1) is 15.8. The molecule has 0 atom stereocenters. The van der Waals surface area contributed by atoms with Gasteiger partial charge in [0, 0.05) is 11.2 Å². The van der Waals surface area contributed by atoms with Crippen molar-refractivity contribution in [2.45, 2.75) is 6.54 Å². The molecule has 1 aromatic carbocycles. The Balaban J connectivity index is 2.20. The lowest BCUT2D eigenvalue weighted by Gasteiger charge is -2.11. The molecule has 0 fully saturated rings. The molecule has 0 unspecified atom stereocenters. The second-order valence-corrected chi connectivity index (χ2v) is 5.77. The third-order valence-corrected chi connectivity index (χ3v) is 3.58. The van der Waals surface area contributed by atoms with Crippen LogP contribution in [-0.2, 0) is 11.3 Å². The van der Waals surface area contributed by atoms with Gasteiger partial charge < -0.3 is 11.1 Å². The van der Waals surface area contributed by atoms with Crippen LogP contribution in [-0.4, -0.2) is 15.5 Å². The lowest BCUT2D eigenvalue weighted by atomic mass is 10.2. The summed E-state index contributed by atoms with van der Waals surface area (Å²) in [5.74, 6) is -0.465. The molecule has 21 heavy (non-hydrogen) atoms. The Morgan fingerprint density at radius 2 is 2.14 bits per heavy atom. The number of hydrogen-bond donors (Lipinski definition) is 2. The van der Waals surface area contributed by atoms with E-state index in [0.717, 1.165) is 4.57 Å². The largest absolute Gasteiger partial charge is 0.397 e. The van der Waals surface area contributed by atoms with Crippen molar-refractivity contribution in [1.29, 1.82) is 0 Å². The predicted octanol–water partition coefficient (Wildman–Crippen LogP) is 2.53. The summed E-state index contributed by atoms with van der Waals surface area (Å²) in [6.45, 7) is -0.219. The lowest BCUT2D eigenvalue weighted by molar-refractivity contribution is -0.116. The fourth-order valence-corrected chi connectivity index (χ4v) is 2.50. The van der Waals surface area contributed by atoms with Gasteiger partial charge in [-0.05, 0) is 28.1 Å². The summed E-state index contributed by atoms with van der Waals surface area (Å²) in [5, 5.41) is 3.12. The molecule has 0 saturated carbocycles. The number of aromatic nitrogens is 2. The molecule has 1 heterocycles. The maximum absolute atomic E-state index is 12.0. The smallest absolute Gasteiger partial charge is 0.268 e. The van der Waals surface area contributed by atoms with Crippen molar-refractivity contribution in [2.24, 2.45) is 0 Å². The molecule has 2 aromatic rings. The van der Waals surface area contributed by atoms with Crippen LogP contribution in [0.4, 0.5) is 11.4 Å². The van der Waals surface area contributed by atoms with Gasteiger partial charge in [-0.3, -0.25) is 14.2 Å². The van der Waals surface area contributed by atoms with Crippen molar-refractivity contribution in [1.82, 2.24) is 9.55 Å². The highest BCUT2D eigenvalue weighted by Crippen LogP contribution is 2.31. The Morgan fingerprint density at radius 1 is 1.43 bits per heavy atom. The maximum atomic E-state index is 12.0. The number of anilines is 2. The van der Waals surface area contributed by atoms with Crippen LogP contribution in [0.5, 0.6) is 0 Å². The van der Waals surface area contributed by atoms with Crippen molar-refractivity contribution in [3.8, 4) is 0 Å². The average Bonchev–Trinajstić information content (AvgIpc) is 2.39. The van der Waals surface area contributed by atoms with Gasteiger partial charge in [0.1, 0.15) is 11.0 Å². The third-order valence-electron chi connectivity index (χ3n) is 2.52. The number of nitrogens with one attached hydrogen (secondary N) is 1. The molecule has 0 radical (unpaired) electrons. The highest BCUT2D eigenvalue weighted by atomic mass is 79.9. The number of carbonyl (C=O) groups is 1. The highest BCUT2D eigenvalue weighted by molar-refractivity contribution is 9.10. The summed E-state index contributed by atoms with van der Waals surface area (Å²) in [6.07, 6.45) is 2.62. The number of nitrogen functional groups attached to an aromatic ring is 1. The number of amides is 1. The number of hydrogen-bond acceptors (Lipinski definition) is 4. The van der Waals surface area contributed by atoms with Gasteiger partial charge in [0.15, 0.2) is 0 Å². The topological polar surface area (TPSA) is 90.0 Å². The van der Waals surface area contributed by atoms with Gasteiger partial charge in [-0.25, -0.2) is 4.98 Å². The van der Waals surface area contributed by atoms with Crippen LogP contribution in [0.1, 0.15) is 0 Å². The molecule has 3 N–H and O–H groups in total. The first-order chi connectivity index (χ1) is 9.88. The SMILES string of the molecule is Nc1cc(Cl)cc(Cl)c1NC(=O)Cn1cncc(Br)c1=O. The highest BCUT2D eigenvalue weighted by Gasteiger charge is 2.12. The molecule has 110 valence electrons. The van der Waals surface area contributed by atoms with Crippen LogP contribution in [0.15, 0.2) is 33.9 Å². The third kappa shape index (κ3) is 3.75. The van der Waals surface area contributed by atoms with Gasteiger partial charge in [0.2, 0.25) is 5.91 Å². The second kappa shape index (κ2) is 6.46. The van der Waals surface area contributed by atoms with E-state index in [1.54, 1.807) is 0 Å². The van der Waals surface area contributed by atoms with Crippen LogP contribution in [0.2, 0.25) is 10.0 Å². The maximum Gasteiger partial charge on any atom is 0.268 e. The first-order valence-corrected chi connectivity index (χ1v) is 7.17. The van der Waals surface area contributed by atoms with Crippen LogP contribution >= 0.6 is 39.1 Å². The second-order valence-electron chi connectivity index (χ2n) is 4.07. The molecular formula is C12H9BrCl2N4O2. The van der Waals surface area contributed by atoms with E-state index >= 15 is 0 Å². The van der Waals surface area contributed by atoms with Gasteiger partial charge in [0.05, 0.1) is 22.7 Å². The first-order valence-electron chi connectivity index (χ1n) is 5.63. The van der Waals surface area contributed by atoms with E-state index in [9.17, 15) is 9.59 Å². The molecule has 0 aliphatic carbocycles. The molecule has 1 aromatic heterocycles. The molecule has 6 nitrogen and oxygen atoms in total. The van der Waals surface area contributed by atoms with Gasteiger partial charge in [0.25, 0.3) is 5.56 Å². The molecule has 0 aliphatic rings. The summed E-state index contributed by atoms with van der Waals surface area (Å²) in [5.41, 5.74) is 5.87. The monoisotopic (exact) mass is 390 g/mol. The van der Waals surface area contributed by atoms with E-state index in [1.807, 2.05) is 0 Å². The fraction of sp³-hybridized carbons (Fsp3) is 0.0833. The molecule has 1 amide bonds. The fourth-order valence-electron chi connectivity index (χ4n) is 1.60. The Labute approximate surface area is 138 Å². The molecule has 0 bridgehead atoms. The van der Waals surface area contributed by atoms with Crippen molar-refractivity contribution in [3.63, 3.8) is 0 Å². The molecule has 0 spiro atoms. The van der Waals surface area contributed by atoms with Crippen LogP contribution in [0.3, 0.4) is 0 Å². The zero-order chi connectivity index (χ0) is 15.6. The minimum atomic E-state index is -0.465. The zero-order valence-corrected chi connectivity index (χ0v) is 13.5. The van der Waals surface area contributed by atoms with Gasteiger partial charge in [-0.2, -0.15) is 0 Å². The minimum Gasteiger partial charge on any atom is -0.397 e. The number of halogens is 3. The van der Waals surface area contributed by atoms with Crippen LogP contribution in [0, 0.1) is 0 Å². The lowest BCUT2D eigenvalue weighted by Crippen LogP contribution is -2.28. The Bertz CT molecular complexity index is 740. The van der Waals surface area contributed by atoms with Crippen molar-refractivity contribution in [3.05, 3.63) is 49.5 Å². The number of carbonyl (C=O) groups excluding carboxylic acids is 1. The van der Waals surface area contributed by atoms with Crippen LogP contribution < -0.4 is 16.6 Å². The Morgan fingerprint density at radius 3 is 2.81 bits per heavy atom. The van der Waals surface area contributed by atoms with Gasteiger partial charge >= 0.3 is 0 Å². The standard InChI is InChI=1S/C12H9BrCl2N4O2/c13-7-3-17-5-19(12(7)21)4-10(20)18-11-8(15)1-6(14)2-9(11)16/h1-3,5H,4,16H2,(H,18,20). The number of benzene rings is 1. The molecule has 2 rings (SSSR count). The molecule has 0 saturated heterocycles. The van der Waals surface area contributed by atoms with E-state index in [1.165, 1.54) is 24.7 Å². The van der Waals surface area contributed by atoms with E-state index in [2.05, 4.69) is 26.2 Å². The quantitative estimate of drug-likeness (QED) is 0.786. The van der Waals surface area contributed by atoms with E-state index in [4.69, 9.17) is 28.9 Å². The summed E-state index contributed by atoms with van der Waals surface area (Å²) in [6, 6.07) is 2.93.